The Morgan fingerprint density at radius 2 is 2.07 bits per heavy atom. The lowest BCUT2D eigenvalue weighted by molar-refractivity contribution is 0.191. The first-order chi connectivity index (χ1) is 13.5. The van der Waals surface area contributed by atoms with E-state index in [9.17, 15) is 15.3 Å². The number of hydrogen-bond acceptors (Lipinski definition) is 5. The van der Waals surface area contributed by atoms with Crippen molar-refractivity contribution in [2.75, 3.05) is 20.3 Å². The third kappa shape index (κ3) is 6.46. The summed E-state index contributed by atoms with van der Waals surface area (Å²) in [6, 6.07) is 12.6. The molecular weight excluding hydrogens is 354 g/mol. The highest BCUT2D eigenvalue weighted by Crippen LogP contribution is 2.26. The molecule has 0 aliphatic carbocycles. The Bertz CT molecular complexity index is 828. The third-order valence-corrected chi connectivity index (χ3v) is 4.29. The summed E-state index contributed by atoms with van der Waals surface area (Å²) < 4.78 is 5.09. The normalized spacial score (nSPS) is 13.4. The van der Waals surface area contributed by atoms with Crippen molar-refractivity contribution in [3.05, 3.63) is 83.7 Å². The van der Waals surface area contributed by atoms with E-state index in [1.165, 1.54) is 0 Å². The molecule has 2 aromatic rings. The number of hydrogen-bond donors (Lipinski definition) is 3. The molecule has 1 unspecified atom stereocenters. The summed E-state index contributed by atoms with van der Waals surface area (Å²) in [6.07, 6.45) is 5.43. The van der Waals surface area contributed by atoms with Crippen molar-refractivity contribution >= 4 is 11.6 Å². The van der Waals surface area contributed by atoms with E-state index in [-0.39, 0.29) is 19.0 Å². The molecule has 1 atom stereocenters. The minimum absolute atomic E-state index is 0.179. The van der Waals surface area contributed by atoms with Gasteiger partial charge in [-0.05, 0) is 65.5 Å². The van der Waals surface area contributed by atoms with Gasteiger partial charge in [-0.3, -0.25) is 4.98 Å². The molecule has 0 fully saturated rings. The van der Waals surface area contributed by atoms with Gasteiger partial charge in [-0.25, -0.2) is 0 Å². The van der Waals surface area contributed by atoms with Crippen LogP contribution in [0.5, 0.6) is 5.75 Å². The molecule has 0 bridgehead atoms. The predicted octanol–water partition coefficient (Wildman–Crippen LogP) is 3.59. The van der Waals surface area contributed by atoms with E-state index in [1.807, 2.05) is 30.3 Å². The number of rotatable bonds is 10. The highest BCUT2D eigenvalue weighted by molar-refractivity contribution is 5.80. The maximum atomic E-state index is 10.7. The smallest absolute Gasteiger partial charge is 0.116 e. The maximum Gasteiger partial charge on any atom is 0.116 e. The van der Waals surface area contributed by atoms with E-state index in [2.05, 4.69) is 11.6 Å². The van der Waals surface area contributed by atoms with Crippen molar-refractivity contribution in [1.29, 1.82) is 0 Å². The van der Waals surface area contributed by atoms with Crippen LogP contribution in [-0.2, 0) is 4.74 Å². The van der Waals surface area contributed by atoms with E-state index in [4.69, 9.17) is 4.74 Å². The molecule has 1 heterocycles. The molecule has 5 heteroatoms. The van der Waals surface area contributed by atoms with Crippen molar-refractivity contribution in [3.8, 4) is 5.75 Å². The SMILES string of the molecule is C=C(COC)/C(=C/CO)C(O)CC/C(=C/c1cccc(O)c1)c1ccccn1. The van der Waals surface area contributed by atoms with Crippen LogP contribution in [0.2, 0.25) is 0 Å². The molecule has 0 aliphatic heterocycles. The molecule has 2 rings (SSSR count). The molecule has 1 aromatic carbocycles. The zero-order chi connectivity index (χ0) is 20.4. The molecule has 28 heavy (non-hydrogen) atoms. The quantitative estimate of drug-likeness (QED) is 0.548. The first kappa shape index (κ1) is 21.6. The zero-order valence-electron chi connectivity index (χ0n) is 16.1. The Balaban J connectivity index is 2.23. The number of phenols is 1. The van der Waals surface area contributed by atoms with Gasteiger partial charge in [0, 0.05) is 13.3 Å². The Labute approximate surface area is 166 Å². The molecule has 3 N–H and O–H groups in total. The molecule has 1 aromatic heterocycles. The number of allylic oxidation sites excluding steroid dienone is 1. The number of phenolic OH excluding ortho intramolecular Hbond substituents is 1. The van der Waals surface area contributed by atoms with Crippen LogP contribution in [0.3, 0.4) is 0 Å². The third-order valence-electron chi connectivity index (χ3n) is 4.29. The van der Waals surface area contributed by atoms with Crippen molar-refractivity contribution in [3.63, 3.8) is 0 Å². The fourth-order valence-electron chi connectivity index (χ4n) is 2.96. The number of ether oxygens (including phenoxy) is 1. The maximum absolute atomic E-state index is 10.7. The van der Waals surface area contributed by atoms with Crippen LogP contribution in [0.25, 0.3) is 11.6 Å². The number of aromatic hydroxyl groups is 1. The van der Waals surface area contributed by atoms with Gasteiger partial charge in [0.2, 0.25) is 0 Å². The summed E-state index contributed by atoms with van der Waals surface area (Å²) in [5.41, 5.74) is 3.82. The van der Waals surface area contributed by atoms with Crippen molar-refractivity contribution in [1.82, 2.24) is 4.98 Å². The summed E-state index contributed by atoms with van der Waals surface area (Å²) in [5.74, 6) is 0.193. The summed E-state index contributed by atoms with van der Waals surface area (Å²) in [6.45, 7) is 4.04. The summed E-state index contributed by atoms with van der Waals surface area (Å²) in [4.78, 5) is 4.42. The summed E-state index contributed by atoms with van der Waals surface area (Å²) >= 11 is 0. The Kier molecular flexibility index (Phi) is 8.62. The minimum Gasteiger partial charge on any atom is -0.508 e. The van der Waals surface area contributed by atoms with Crippen LogP contribution in [0.15, 0.2) is 72.5 Å². The van der Waals surface area contributed by atoms with Gasteiger partial charge in [-0.15, -0.1) is 0 Å². The molecular formula is C23H27NO4. The molecule has 0 saturated heterocycles. The number of methoxy groups -OCH3 is 1. The van der Waals surface area contributed by atoms with Gasteiger partial charge in [0.25, 0.3) is 0 Å². The predicted molar refractivity (Wildman–Crippen MR) is 112 cm³/mol. The van der Waals surface area contributed by atoms with E-state index >= 15 is 0 Å². The highest BCUT2D eigenvalue weighted by Gasteiger charge is 2.15. The largest absolute Gasteiger partial charge is 0.508 e. The molecule has 0 spiro atoms. The Morgan fingerprint density at radius 1 is 1.25 bits per heavy atom. The number of aromatic nitrogens is 1. The van der Waals surface area contributed by atoms with Gasteiger partial charge in [0.05, 0.1) is 25.0 Å². The molecule has 5 nitrogen and oxygen atoms in total. The van der Waals surface area contributed by atoms with Crippen molar-refractivity contribution in [2.24, 2.45) is 0 Å². The summed E-state index contributed by atoms with van der Waals surface area (Å²) in [5, 5.41) is 29.6. The monoisotopic (exact) mass is 381 g/mol. The molecule has 0 radical (unpaired) electrons. The zero-order valence-corrected chi connectivity index (χ0v) is 16.1. The molecule has 0 amide bonds. The van der Waals surface area contributed by atoms with Crippen molar-refractivity contribution < 1.29 is 20.1 Å². The average molecular weight is 381 g/mol. The van der Waals surface area contributed by atoms with E-state index in [1.54, 1.807) is 37.6 Å². The molecule has 0 aliphatic rings. The van der Waals surface area contributed by atoms with Crippen LogP contribution < -0.4 is 0 Å². The number of pyridine rings is 1. The van der Waals surface area contributed by atoms with E-state index in [0.717, 1.165) is 16.8 Å². The van der Waals surface area contributed by atoms with Gasteiger partial charge >= 0.3 is 0 Å². The molecule has 148 valence electrons. The second kappa shape index (κ2) is 11.2. The lowest BCUT2D eigenvalue weighted by Gasteiger charge is -2.18. The number of aliphatic hydroxyl groups excluding tert-OH is 2. The van der Waals surface area contributed by atoms with Gasteiger partial charge in [-0.2, -0.15) is 0 Å². The van der Waals surface area contributed by atoms with E-state index in [0.29, 0.717) is 24.0 Å². The highest BCUT2D eigenvalue weighted by atomic mass is 16.5. The Hall–Kier alpha value is -2.73. The first-order valence-electron chi connectivity index (χ1n) is 9.12. The fraction of sp³-hybridized carbons (Fsp3) is 0.261. The van der Waals surface area contributed by atoms with Gasteiger partial charge in [0.1, 0.15) is 5.75 Å². The second-order valence-corrected chi connectivity index (χ2v) is 6.41. The topological polar surface area (TPSA) is 82.8 Å². The van der Waals surface area contributed by atoms with Crippen molar-refractivity contribution in [2.45, 2.75) is 18.9 Å². The first-order valence-corrected chi connectivity index (χ1v) is 9.12. The van der Waals surface area contributed by atoms with Crippen LogP contribution in [-0.4, -0.2) is 46.7 Å². The van der Waals surface area contributed by atoms with Gasteiger partial charge in [-0.1, -0.05) is 30.9 Å². The average Bonchev–Trinajstić information content (AvgIpc) is 2.70. The van der Waals surface area contributed by atoms with Crippen LogP contribution in [0, 0.1) is 0 Å². The number of aliphatic hydroxyl groups is 2. The van der Waals surface area contributed by atoms with E-state index < -0.39 is 6.10 Å². The second-order valence-electron chi connectivity index (χ2n) is 6.41. The van der Waals surface area contributed by atoms with Crippen LogP contribution in [0.4, 0.5) is 0 Å². The minimum atomic E-state index is -0.786. The Morgan fingerprint density at radius 3 is 2.71 bits per heavy atom. The lowest BCUT2D eigenvalue weighted by atomic mass is 9.94. The lowest BCUT2D eigenvalue weighted by Crippen LogP contribution is -2.15. The number of benzene rings is 1. The molecule has 0 saturated carbocycles. The fourth-order valence-corrected chi connectivity index (χ4v) is 2.96. The van der Waals surface area contributed by atoms with Gasteiger partial charge < -0.3 is 20.1 Å². The van der Waals surface area contributed by atoms with Crippen LogP contribution in [0.1, 0.15) is 24.1 Å². The standard InChI is InChI=1S/C23H27NO4/c1-17(16-28-2)21(11-13-25)23(27)10-9-19(22-8-3-4-12-24-22)14-18-6-5-7-20(26)15-18/h3-8,11-12,14-15,23,25-27H,1,9-10,13,16H2,2H3/b19-14-,21-11-. The van der Waals surface area contributed by atoms with Crippen LogP contribution >= 0.6 is 0 Å². The number of nitrogens with zero attached hydrogens (tertiary/aromatic N) is 1. The van der Waals surface area contributed by atoms with Gasteiger partial charge in [0.15, 0.2) is 0 Å². The summed E-state index contributed by atoms with van der Waals surface area (Å²) in [7, 11) is 1.56.